The average Bonchev–Trinajstić information content (AvgIpc) is 2.70. The van der Waals surface area contributed by atoms with E-state index >= 15 is 0 Å². The minimum atomic E-state index is -0.313. The number of aromatic nitrogens is 2. The second-order valence-electron chi connectivity index (χ2n) is 4.12. The van der Waals surface area contributed by atoms with Crippen LogP contribution in [0.2, 0.25) is 0 Å². The first-order valence-corrected chi connectivity index (χ1v) is 6.01. The van der Waals surface area contributed by atoms with E-state index in [9.17, 15) is 4.79 Å². The fraction of sp³-hybridized carbons (Fsp3) is 0.667. The Morgan fingerprint density at radius 1 is 1.56 bits per heavy atom. The third-order valence-electron chi connectivity index (χ3n) is 2.35. The molecule has 18 heavy (non-hydrogen) atoms. The maximum Gasteiger partial charge on any atom is 0.332 e. The number of likely N-dealkylation sites (N-methyl/N-ethyl adjacent to an activating group) is 1. The summed E-state index contributed by atoms with van der Waals surface area (Å²) in [6.07, 6.45) is 3.83. The molecule has 1 aromatic heterocycles. The van der Waals surface area contributed by atoms with Gasteiger partial charge in [-0.2, -0.15) is 5.10 Å². The number of esters is 1. The quantitative estimate of drug-likeness (QED) is 0.498. The van der Waals surface area contributed by atoms with E-state index < -0.39 is 0 Å². The first-order chi connectivity index (χ1) is 8.61. The summed E-state index contributed by atoms with van der Waals surface area (Å²) in [5.74, 6) is -0.313. The Balaban J connectivity index is 2.10. The van der Waals surface area contributed by atoms with Gasteiger partial charge in [-0.15, -0.1) is 0 Å². The number of hydrogen-bond donors (Lipinski definition) is 0. The maximum absolute atomic E-state index is 11.0. The molecule has 0 spiro atoms. The first-order valence-electron chi connectivity index (χ1n) is 6.01. The van der Waals surface area contributed by atoms with Crippen LogP contribution in [-0.2, 0) is 27.9 Å². The molecular formula is C12H21N3O3. The lowest BCUT2D eigenvalue weighted by atomic mass is 10.3. The average molecular weight is 255 g/mol. The van der Waals surface area contributed by atoms with Crippen LogP contribution < -0.4 is 0 Å². The van der Waals surface area contributed by atoms with Gasteiger partial charge in [0.2, 0.25) is 0 Å². The summed E-state index contributed by atoms with van der Waals surface area (Å²) in [6.45, 7) is 4.28. The Bertz CT molecular complexity index is 365. The van der Waals surface area contributed by atoms with E-state index in [1.54, 1.807) is 11.6 Å². The SMILES string of the molecule is CCOC(=O)COCCN(C)Cc1cnn(C)c1. The van der Waals surface area contributed by atoms with Gasteiger partial charge in [-0.25, -0.2) is 4.79 Å². The van der Waals surface area contributed by atoms with Gasteiger partial charge in [0.1, 0.15) is 6.61 Å². The highest BCUT2D eigenvalue weighted by molar-refractivity contribution is 5.70. The van der Waals surface area contributed by atoms with Crippen LogP contribution in [-0.4, -0.2) is 54.1 Å². The van der Waals surface area contributed by atoms with E-state index in [1.165, 1.54) is 0 Å². The number of aryl methyl sites for hydroxylation is 1. The molecule has 0 atom stereocenters. The molecule has 1 rings (SSSR count). The van der Waals surface area contributed by atoms with Crippen molar-refractivity contribution < 1.29 is 14.3 Å². The van der Waals surface area contributed by atoms with E-state index in [-0.39, 0.29) is 12.6 Å². The van der Waals surface area contributed by atoms with Gasteiger partial charge in [-0.3, -0.25) is 9.58 Å². The molecule has 6 heteroatoms. The summed E-state index contributed by atoms with van der Waals surface area (Å²) < 4.78 is 11.8. The second-order valence-corrected chi connectivity index (χ2v) is 4.12. The van der Waals surface area contributed by atoms with Crippen LogP contribution in [0.3, 0.4) is 0 Å². The molecule has 0 aliphatic heterocycles. The smallest absolute Gasteiger partial charge is 0.332 e. The molecule has 0 bridgehead atoms. The Kier molecular flexibility index (Phi) is 6.38. The van der Waals surface area contributed by atoms with E-state index in [1.807, 2.05) is 26.5 Å². The van der Waals surface area contributed by atoms with Crippen molar-refractivity contribution in [1.82, 2.24) is 14.7 Å². The summed E-state index contributed by atoms with van der Waals surface area (Å²) >= 11 is 0. The van der Waals surface area contributed by atoms with Gasteiger partial charge >= 0.3 is 5.97 Å². The van der Waals surface area contributed by atoms with Crippen LogP contribution in [0.25, 0.3) is 0 Å². The molecule has 0 unspecified atom stereocenters. The molecule has 1 aromatic rings. The predicted octanol–water partition coefficient (Wildman–Crippen LogP) is 0.432. The van der Waals surface area contributed by atoms with Crippen LogP contribution in [0.4, 0.5) is 0 Å². The Labute approximate surface area is 107 Å². The van der Waals surface area contributed by atoms with Crippen LogP contribution >= 0.6 is 0 Å². The normalized spacial score (nSPS) is 10.9. The van der Waals surface area contributed by atoms with Gasteiger partial charge in [0.15, 0.2) is 0 Å². The highest BCUT2D eigenvalue weighted by atomic mass is 16.6. The predicted molar refractivity (Wildman–Crippen MR) is 67.0 cm³/mol. The van der Waals surface area contributed by atoms with E-state index in [0.29, 0.717) is 13.2 Å². The van der Waals surface area contributed by atoms with Gasteiger partial charge in [-0.1, -0.05) is 0 Å². The monoisotopic (exact) mass is 255 g/mol. The largest absolute Gasteiger partial charge is 0.464 e. The van der Waals surface area contributed by atoms with E-state index in [2.05, 4.69) is 10.00 Å². The lowest BCUT2D eigenvalue weighted by Crippen LogP contribution is -2.24. The molecule has 0 saturated carbocycles. The molecule has 102 valence electrons. The van der Waals surface area contributed by atoms with Gasteiger partial charge in [-0.05, 0) is 14.0 Å². The van der Waals surface area contributed by atoms with Crippen molar-refractivity contribution in [3.63, 3.8) is 0 Å². The summed E-state index contributed by atoms with van der Waals surface area (Å²) in [4.78, 5) is 13.1. The summed E-state index contributed by atoms with van der Waals surface area (Å²) in [5, 5.41) is 4.11. The van der Waals surface area contributed by atoms with Gasteiger partial charge in [0, 0.05) is 31.9 Å². The molecular weight excluding hydrogens is 234 g/mol. The number of ether oxygens (including phenoxy) is 2. The fourth-order valence-corrected chi connectivity index (χ4v) is 1.52. The van der Waals surface area contributed by atoms with Crippen LogP contribution in [0.1, 0.15) is 12.5 Å². The van der Waals surface area contributed by atoms with Crippen molar-refractivity contribution in [3.8, 4) is 0 Å². The van der Waals surface area contributed by atoms with Gasteiger partial charge in [0.25, 0.3) is 0 Å². The number of carbonyl (C=O) groups excluding carboxylic acids is 1. The van der Waals surface area contributed by atoms with Crippen molar-refractivity contribution in [1.29, 1.82) is 0 Å². The molecule has 0 radical (unpaired) electrons. The lowest BCUT2D eigenvalue weighted by Gasteiger charge is -2.15. The standard InChI is InChI=1S/C12H21N3O3/c1-4-18-12(16)10-17-6-5-14(2)8-11-7-13-15(3)9-11/h7,9H,4-6,8,10H2,1-3H3. The zero-order chi connectivity index (χ0) is 13.4. The van der Waals surface area contributed by atoms with Crippen molar-refractivity contribution >= 4 is 5.97 Å². The molecule has 0 aliphatic rings. The molecule has 0 aliphatic carbocycles. The lowest BCUT2D eigenvalue weighted by molar-refractivity contribution is -0.148. The first kappa shape index (κ1) is 14.7. The van der Waals surface area contributed by atoms with E-state index in [0.717, 1.165) is 18.7 Å². The maximum atomic E-state index is 11.0. The molecule has 6 nitrogen and oxygen atoms in total. The van der Waals surface area contributed by atoms with Crippen molar-refractivity contribution in [2.75, 3.05) is 33.4 Å². The van der Waals surface area contributed by atoms with Crippen molar-refractivity contribution in [2.45, 2.75) is 13.5 Å². The number of carbonyl (C=O) groups is 1. The highest BCUT2D eigenvalue weighted by Crippen LogP contribution is 2.00. The number of hydrogen-bond acceptors (Lipinski definition) is 5. The van der Waals surface area contributed by atoms with Crippen LogP contribution in [0.5, 0.6) is 0 Å². The van der Waals surface area contributed by atoms with Crippen molar-refractivity contribution in [3.05, 3.63) is 18.0 Å². The van der Waals surface area contributed by atoms with Crippen LogP contribution in [0, 0.1) is 0 Å². The summed E-state index contributed by atoms with van der Waals surface area (Å²) in [6, 6.07) is 0. The molecule has 0 amide bonds. The summed E-state index contributed by atoms with van der Waals surface area (Å²) in [5.41, 5.74) is 1.16. The highest BCUT2D eigenvalue weighted by Gasteiger charge is 2.04. The minimum absolute atomic E-state index is 0.0224. The summed E-state index contributed by atoms with van der Waals surface area (Å²) in [7, 11) is 3.90. The second kappa shape index (κ2) is 7.84. The number of rotatable bonds is 8. The molecule has 1 heterocycles. The fourth-order valence-electron chi connectivity index (χ4n) is 1.52. The molecule has 0 fully saturated rings. The molecule has 0 aromatic carbocycles. The Morgan fingerprint density at radius 3 is 2.94 bits per heavy atom. The molecule has 0 saturated heterocycles. The third kappa shape index (κ3) is 5.79. The molecule has 0 N–H and O–H groups in total. The van der Waals surface area contributed by atoms with Crippen LogP contribution in [0.15, 0.2) is 12.4 Å². The third-order valence-corrected chi connectivity index (χ3v) is 2.35. The minimum Gasteiger partial charge on any atom is -0.464 e. The van der Waals surface area contributed by atoms with Crippen molar-refractivity contribution in [2.24, 2.45) is 7.05 Å². The van der Waals surface area contributed by atoms with E-state index in [4.69, 9.17) is 9.47 Å². The zero-order valence-corrected chi connectivity index (χ0v) is 11.3. The van der Waals surface area contributed by atoms with Gasteiger partial charge < -0.3 is 9.47 Å². The Hall–Kier alpha value is -1.40. The number of nitrogens with zero attached hydrogens (tertiary/aromatic N) is 3. The Morgan fingerprint density at radius 2 is 2.33 bits per heavy atom. The topological polar surface area (TPSA) is 56.6 Å². The zero-order valence-electron chi connectivity index (χ0n) is 11.3. The van der Waals surface area contributed by atoms with Gasteiger partial charge in [0.05, 0.1) is 19.4 Å².